The number of nitrogens with zero attached hydrogens (tertiary/aromatic N) is 3. The van der Waals surface area contributed by atoms with Crippen LogP contribution in [-0.4, -0.2) is 34.2 Å². The van der Waals surface area contributed by atoms with Crippen molar-refractivity contribution < 1.29 is 21.6 Å². The molecule has 2 bridgehead atoms. The van der Waals surface area contributed by atoms with Gasteiger partial charge in [-0.05, 0) is 85.7 Å². The molecular weight excluding hydrogens is 521 g/mol. The van der Waals surface area contributed by atoms with E-state index in [1.54, 1.807) is 46.8 Å². The van der Waals surface area contributed by atoms with E-state index >= 15 is 0 Å². The smallest absolute Gasteiger partial charge is 0.339 e. The van der Waals surface area contributed by atoms with E-state index in [0.717, 1.165) is 55.1 Å². The number of fused-ring (bicyclic) bond motifs is 3. The van der Waals surface area contributed by atoms with E-state index in [4.69, 9.17) is 0 Å². The number of rotatable bonds is 5. The molecule has 11 heteroatoms. The number of alkyl halides is 3. The van der Waals surface area contributed by atoms with Gasteiger partial charge >= 0.3 is 6.18 Å². The highest BCUT2D eigenvalue weighted by Gasteiger charge is 2.44. The molecule has 192 valence electrons. The van der Waals surface area contributed by atoms with Crippen LogP contribution in [0.1, 0.15) is 37.7 Å². The van der Waals surface area contributed by atoms with Gasteiger partial charge in [-0.1, -0.05) is 12.5 Å². The van der Waals surface area contributed by atoms with Gasteiger partial charge in [-0.3, -0.25) is 4.98 Å². The Kier molecular flexibility index (Phi) is 5.96. The van der Waals surface area contributed by atoms with Crippen molar-refractivity contribution in [2.75, 3.05) is 5.32 Å². The number of pyridine rings is 1. The van der Waals surface area contributed by atoms with Crippen molar-refractivity contribution in [1.29, 1.82) is 0 Å². The number of benzene rings is 2. The van der Waals surface area contributed by atoms with Crippen molar-refractivity contribution in [3.63, 3.8) is 0 Å². The van der Waals surface area contributed by atoms with Gasteiger partial charge in [0.25, 0.3) is 0 Å². The predicted octanol–water partition coefficient (Wildman–Crippen LogP) is 6.83. The van der Waals surface area contributed by atoms with Crippen LogP contribution in [0.2, 0.25) is 0 Å². The summed E-state index contributed by atoms with van der Waals surface area (Å²) in [6, 6.07) is 14.1. The van der Waals surface area contributed by atoms with Crippen LogP contribution in [0.4, 0.5) is 24.7 Å². The lowest BCUT2D eigenvalue weighted by Crippen LogP contribution is -2.43. The fourth-order valence-electron chi connectivity index (χ4n) is 5.47. The van der Waals surface area contributed by atoms with E-state index in [1.807, 2.05) is 0 Å². The van der Waals surface area contributed by atoms with Crippen molar-refractivity contribution in [1.82, 2.24) is 13.7 Å². The molecule has 2 saturated heterocycles. The first-order valence-electron chi connectivity index (χ1n) is 12.0. The normalized spacial score (nSPS) is 20.4. The number of anilines is 2. The molecule has 0 amide bonds. The standard InChI is InChI=1S/C26H23F3N4O2S2/c27-26(28,29)22-5-2-14-30-24(22)16-6-13-21-23(15-16)36-32-25(21)31-17-7-11-20(12-8-17)37(34,35)33-18-3-1-4-19(33)10-9-18/h2,5-8,11-15,18-19H,1,3-4,9-10H2,(H,31,32). The molecule has 0 spiro atoms. The van der Waals surface area contributed by atoms with Gasteiger partial charge in [-0.15, -0.1) is 0 Å². The molecule has 6 rings (SSSR count). The number of hydrogen-bond acceptors (Lipinski definition) is 6. The van der Waals surface area contributed by atoms with E-state index in [1.165, 1.54) is 12.3 Å². The minimum absolute atomic E-state index is 0.103. The summed E-state index contributed by atoms with van der Waals surface area (Å²) in [5.41, 5.74) is 0.112. The lowest BCUT2D eigenvalue weighted by molar-refractivity contribution is -0.137. The zero-order chi connectivity index (χ0) is 25.8. The van der Waals surface area contributed by atoms with Gasteiger partial charge in [-0.2, -0.15) is 21.9 Å². The molecular formula is C26H23F3N4O2S2. The van der Waals surface area contributed by atoms with Crippen LogP contribution < -0.4 is 5.32 Å². The summed E-state index contributed by atoms with van der Waals surface area (Å²) in [5, 5.41) is 3.95. The van der Waals surface area contributed by atoms with Gasteiger partial charge in [0.2, 0.25) is 10.0 Å². The van der Waals surface area contributed by atoms with Crippen LogP contribution in [0.3, 0.4) is 0 Å². The summed E-state index contributed by atoms with van der Waals surface area (Å²) in [6.07, 6.45) is 1.62. The van der Waals surface area contributed by atoms with Crippen LogP contribution in [0.5, 0.6) is 0 Å². The quantitative estimate of drug-likeness (QED) is 0.298. The number of halogens is 3. The summed E-state index contributed by atoms with van der Waals surface area (Å²) >= 11 is 1.16. The lowest BCUT2D eigenvalue weighted by atomic mass is 10.0. The van der Waals surface area contributed by atoms with Gasteiger partial charge in [0.15, 0.2) is 5.82 Å². The van der Waals surface area contributed by atoms with Crippen LogP contribution in [-0.2, 0) is 16.2 Å². The zero-order valence-corrected chi connectivity index (χ0v) is 21.2. The maximum absolute atomic E-state index is 13.4. The monoisotopic (exact) mass is 544 g/mol. The molecule has 1 N–H and O–H groups in total. The van der Waals surface area contributed by atoms with E-state index in [0.29, 0.717) is 21.8 Å². The third kappa shape index (κ3) is 4.38. The van der Waals surface area contributed by atoms with Crippen molar-refractivity contribution >= 4 is 43.1 Å². The molecule has 2 unspecified atom stereocenters. The average molecular weight is 545 g/mol. The van der Waals surface area contributed by atoms with Gasteiger partial charge in [0, 0.05) is 34.9 Å². The SMILES string of the molecule is O=S(=O)(c1ccc(Nc2nsc3cc(-c4ncccc4C(F)(F)F)ccc23)cc1)N1C2CCCC1CC2. The Morgan fingerprint density at radius 2 is 1.70 bits per heavy atom. The Morgan fingerprint density at radius 3 is 2.41 bits per heavy atom. The van der Waals surface area contributed by atoms with Crippen LogP contribution in [0.15, 0.2) is 65.7 Å². The third-order valence-corrected chi connectivity index (χ3v) is 10.0. The number of aromatic nitrogens is 2. The minimum Gasteiger partial charge on any atom is -0.339 e. The van der Waals surface area contributed by atoms with Gasteiger partial charge in [0.05, 0.1) is 20.9 Å². The van der Waals surface area contributed by atoms with E-state index in [2.05, 4.69) is 14.7 Å². The maximum atomic E-state index is 13.4. The maximum Gasteiger partial charge on any atom is 0.418 e. The van der Waals surface area contributed by atoms with Crippen molar-refractivity contribution in [2.45, 2.75) is 55.3 Å². The Hall–Kier alpha value is -3.02. The van der Waals surface area contributed by atoms with Gasteiger partial charge in [0.1, 0.15) is 0 Å². The fourth-order valence-corrected chi connectivity index (χ4v) is 8.18. The van der Waals surface area contributed by atoms with E-state index < -0.39 is 21.8 Å². The Balaban J connectivity index is 1.24. The van der Waals surface area contributed by atoms with Crippen LogP contribution in [0, 0.1) is 0 Å². The number of nitrogens with one attached hydrogen (secondary N) is 1. The van der Waals surface area contributed by atoms with Crippen LogP contribution >= 0.6 is 11.5 Å². The average Bonchev–Trinajstić information content (AvgIpc) is 3.41. The molecule has 4 heterocycles. The molecule has 0 aliphatic carbocycles. The molecule has 6 nitrogen and oxygen atoms in total. The Bertz CT molecular complexity index is 1550. The Labute approximate surface area is 216 Å². The zero-order valence-electron chi connectivity index (χ0n) is 19.6. The molecule has 4 aromatic rings. The molecule has 0 saturated carbocycles. The first-order chi connectivity index (χ1) is 17.7. The van der Waals surface area contributed by atoms with Crippen molar-refractivity contribution in [3.8, 4) is 11.3 Å². The topological polar surface area (TPSA) is 75.2 Å². The highest BCUT2D eigenvalue weighted by Crippen LogP contribution is 2.40. The summed E-state index contributed by atoms with van der Waals surface area (Å²) < 4.78 is 73.8. The number of hydrogen-bond donors (Lipinski definition) is 1. The van der Waals surface area contributed by atoms with Crippen molar-refractivity contribution in [2.24, 2.45) is 0 Å². The van der Waals surface area contributed by atoms with Gasteiger partial charge < -0.3 is 5.32 Å². The highest BCUT2D eigenvalue weighted by molar-refractivity contribution is 7.89. The summed E-state index contributed by atoms with van der Waals surface area (Å²) in [6.45, 7) is 0. The second-order valence-electron chi connectivity index (χ2n) is 9.44. The molecule has 2 atom stereocenters. The summed E-state index contributed by atoms with van der Waals surface area (Å²) in [7, 11) is -3.55. The minimum atomic E-state index is -4.51. The largest absolute Gasteiger partial charge is 0.418 e. The molecule has 37 heavy (non-hydrogen) atoms. The van der Waals surface area contributed by atoms with E-state index in [9.17, 15) is 21.6 Å². The lowest BCUT2D eigenvalue weighted by Gasteiger charge is -2.33. The molecule has 2 fully saturated rings. The third-order valence-electron chi connectivity index (χ3n) is 7.18. The van der Waals surface area contributed by atoms with E-state index in [-0.39, 0.29) is 22.7 Å². The molecule has 2 aromatic carbocycles. The first-order valence-corrected chi connectivity index (χ1v) is 14.3. The molecule has 2 aromatic heterocycles. The van der Waals surface area contributed by atoms with Crippen LogP contribution in [0.25, 0.3) is 21.3 Å². The predicted molar refractivity (Wildman–Crippen MR) is 137 cm³/mol. The second kappa shape index (κ2) is 9.07. The number of piperidine rings is 1. The Morgan fingerprint density at radius 1 is 0.973 bits per heavy atom. The summed E-state index contributed by atoms with van der Waals surface area (Å²) in [4.78, 5) is 4.25. The van der Waals surface area contributed by atoms with Crippen molar-refractivity contribution in [3.05, 3.63) is 66.4 Å². The van der Waals surface area contributed by atoms with Gasteiger partial charge in [-0.25, -0.2) is 8.42 Å². The summed E-state index contributed by atoms with van der Waals surface area (Å²) in [5.74, 6) is 0.549. The molecule has 0 radical (unpaired) electrons. The first kappa shape index (κ1) is 24.3. The number of sulfonamides is 1. The highest BCUT2D eigenvalue weighted by atomic mass is 32.2. The molecule has 2 aliphatic heterocycles. The molecule has 2 aliphatic rings. The fraction of sp³-hybridized carbons (Fsp3) is 0.308. The second-order valence-corrected chi connectivity index (χ2v) is 12.1.